The molecule has 0 aliphatic heterocycles. The smallest absolute Gasteiger partial charge is 0.326 e. The van der Waals surface area contributed by atoms with Crippen molar-refractivity contribution in [2.24, 2.45) is 23.3 Å². The molecule has 648 valence electrons. The van der Waals surface area contributed by atoms with Crippen LogP contribution in [0.15, 0.2) is 97.1 Å². The van der Waals surface area contributed by atoms with Gasteiger partial charge in [-0.1, -0.05) is 76.2 Å². The predicted molar refractivity (Wildman–Crippen MR) is 411 cm³/mol. The quantitative estimate of drug-likeness (QED) is 0.0196. The summed E-state index contributed by atoms with van der Waals surface area (Å²) in [5.41, 5.74) is 12.0. The summed E-state index contributed by atoms with van der Waals surface area (Å²) in [5, 5.41) is 137. The molecule has 0 heterocycles. The second kappa shape index (κ2) is 48.1. The van der Waals surface area contributed by atoms with E-state index in [1.54, 1.807) is 13.8 Å². The molecule has 0 aliphatic rings. The molecule has 0 saturated heterocycles. The normalized spacial score (nSPS) is 14.3. The molecule has 0 saturated carbocycles. The fraction of sp³-hybridized carbons (Fsp3) is 0.447. The van der Waals surface area contributed by atoms with Crippen LogP contribution in [0.5, 0.6) is 23.0 Å². The van der Waals surface area contributed by atoms with Crippen LogP contribution >= 0.6 is 0 Å². The molecule has 43 nitrogen and oxygen atoms in total. The molecule has 0 fully saturated rings. The van der Waals surface area contributed by atoms with Crippen LogP contribution in [0.3, 0.4) is 0 Å². The maximum atomic E-state index is 14.8. The van der Waals surface area contributed by atoms with Gasteiger partial charge in [-0.25, -0.2) is 4.79 Å². The Balaban J connectivity index is 1.67. The number of carboxylic acids is 5. The Morgan fingerprint density at radius 3 is 0.756 bits per heavy atom. The largest absolute Gasteiger partial charge is 0.508 e. The zero-order valence-electron chi connectivity index (χ0n) is 64.9. The van der Waals surface area contributed by atoms with Crippen molar-refractivity contribution in [1.82, 2.24) is 63.8 Å². The van der Waals surface area contributed by atoms with Gasteiger partial charge in [0, 0.05) is 38.5 Å². The van der Waals surface area contributed by atoms with Gasteiger partial charge in [0.25, 0.3) is 0 Å². The second-order valence-electron chi connectivity index (χ2n) is 28.5. The van der Waals surface area contributed by atoms with Gasteiger partial charge >= 0.3 is 29.8 Å². The zero-order chi connectivity index (χ0) is 89.1. The van der Waals surface area contributed by atoms with Gasteiger partial charge in [0.1, 0.15) is 95.5 Å². The van der Waals surface area contributed by atoms with Gasteiger partial charge in [-0.15, -0.1) is 0 Å². The first kappa shape index (κ1) is 97.8. The van der Waals surface area contributed by atoms with Crippen molar-refractivity contribution in [2.45, 2.75) is 190 Å². The van der Waals surface area contributed by atoms with Crippen LogP contribution in [0.2, 0.25) is 0 Å². The molecule has 0 radical (unpaired) electrons. The SMILES string of the molecule is CC(C)C[C@H](NC(=O)[C@H](CO)NC(=O)[C@H](Cc1ccc(O)cc1)NC(=O)[C@H](Cc1ccc(O)cc1)NC(=O)[C@H](CC(=O)O)NC(=O)[C@H](CC(C)C)NC(=O)[C@H](CC(=O)O)NC(=O)[C@H](Cc1ccc(O)cc1)NC(=O)[C@H](CO)NC(=O)[C@H](Cc1ccc(O)cc1)NC(=O)[C@H](CC(N)=O)NC(=O)[C@@H](N)CCC(=O)O)C(=O)N[C@@H](CCC(=O)O)C(=O)O. The summed E-state index contributed by atoms with van der Waals surface area (Å²) in [6.07, 6.45) is -8.29. The van der Waals surface area contributed by atoms with E-state index in [0.29, 0.717) is 0 Å². The number of hydrogen-bond acceptors (Lipinski definition) is 25. The van der Waals surface area contributed by atoms with Crippen LogP contribution in [0.25, 0.3) is 0 Å². The maximum Gasteiger partial charge on any atom is 0.326 e. The number of aliphatic hydroxyl groups excluding tert-OH is 2. The Kier molecular flexibility index (Phi) is 39.5. The first-order valence-corrected chi connectivity index (χ1v) is 37.1. The first-order valence-electron chi connectivity index (χ1n) is 37.1. The topological polar surface area (TPSA) is 726 Å². The number of benzene rings is 4. The van der Waals surface area contributed by atoms with Crippen molar-refractivity contribution < 1.29 is 142 Å². The highest BCUT2D eigenvalue weighted by Gasteiger charge is 2.39. The Morgan fingerprint density at radius 2 is 0.504 bits per heavy atom. The van der Waals surface area contributed by atoms with Gasteiger partial charge in [0.2, 0.25) is 76.8 Å². The van der Waals surface area contributed by atoms with Crippen LogP contribution < -0.4 is 75.3 Å². The molecule has 43 heteroatoms. The minimum absolute atomic E-state index is 0.158. The summed E-state index contributed by atoms with van der Waals surface area (Å²) >= 11 is 0. The summed E-state index contributed by atoms with van der Waals surface area (Å²) in [6, 6.07) is -4.37. The lowest BCUT2D eigenvalue weighted by molar-refractivity contribution is -0.144. The highest BCUT2D eigenvalue weighted by Crippen LogP contribution is 2.19. The van der Waals surface area contributed by atoms with E-state index in [9.17, 15) is 132 Å². The molecule has 119 heavy (non-hydrogen) atoms. The van der Waals surface area contributed by atoms with Gasteiger partial charge in [-0.2, -0.15) is 0 Å². The number of primary amides is 1. The highest BCUT2D eigenvalue weighted by molar-refractivity contribution is 6.01. The Labute approximate surface area is 679 Å². The van der Waals surface area contributed by atoms with Crippen LogP contribution in [-0.2, 0) is 112 Å². The fourth-order valence-corrected chi connectivity index (χ4v) is 11.5. The first-order chi connectivity index (χ1) is 55.9. The summed E-state index contributed by atoms with van der Waals surface area (Å²) < 4.78 is 0. The number of carbonyl (C=O) groups excluding carboxylic acids is 13. The minimum atomic E-state index is -2.20. The molecule has 27 N–H and O–H groups in total. The van der Waals surface area contributed by atoms with Gasteiger partial charge in [0.05, 0.1) is 38.5 Å². The molecule has 4 aromatic carbocycles. The van der Waals surface area contributed by atoms with Crippen LogP contribution in [0.4, 0.5) is 0 Å². The van der Waals surface area contributed by atoms with E-state index >= 15 is 0 Å². The standard InChI is InChI=1S/C76H100N14O29/c1-36(2)25-48(65(107)79-47(76(118)119)22-24-61(100)101)82-74(116)57(34-91)89-69(111)52(29-40-9-17-44(95)18-10-40)83-67(109)50(27-38-5-13-42(93)14-6-38)85-73(115)56(33-63(104)105)87-66(108)49(26-37(3)4)81-72(114)55(32-62(102)103)88-68(110)51(28-39-7-15-43(94)16-8-39)86-75(117)58(35-92)90-70(112)53(30-41-11-19-45(96)20-12-41)84-71(113)54(31-59(78)97)80-64(106)46(77)21-23-60(98)99/h5-20,36-37,46-58,91-96H,21-35,77H2,1-4H3,(H2,78,97)(H,79,107)(H,80,106)(H,81,114)(H,82,116)(H,83,109)(H,84,113)(H,85,115)(H,86,117)(H,87,108)(H,88,110)(H,89,111)(H,90,112)(H,98,99)(H,100,101)(H,102,103)(H,104,105)(H,118,119)/t46-,47-,48-,49-,50-,51-,52-,53-,54-,55-,56-,57-,58-/m0/s1. The van der Waals surface area contributed by atoms with Crippen molar-refractivity contribution in [3.8, 4) is 23.0 Å². The Bertz CT molecular complexity index is 4250. The number of carboxylic acid groups (broad SMARTS) is 5. The molecule has 13 amide bonds. The number of nitrogens with one attached hydrogen (secondary N) is 12. The number of phenols is 4. The molecular weight excluding hydrogens is 1570 g/mol. The summed E-state index contributed by atoms with van der Waals surface area (Å²) in [5.74, 6) is -26.2. The van der Waals surface area contributed by atoms with Gasteiger partial charge < -0.3 is 131 Å². The van der Waals surface area contributed by atoms with Crippen molar-refractivity contribution >= 4 is 107 Å². The van der Waals surface area contributed by atoms with Gasteiger partial charge in [-0.05, 0) is 108 Å². The number of nitrogens with two attached hydrogens (primary N) is 2. The van der Waals surface area contributed by atoms with E-state index in [-0.39, 0.29) is 64.0 Å². The number of amides is 13. The average Bonchev–Trinajstić information content (AvgIpc) is 0.844. The van der Waals surface area contributed by atoms with E-state index in [4.69, 9.17) is 21.7 Å². The van der Waals surface area contributed by atoms with Gasteiger partial charge in [0.15, 0.2) is 0 Å². The van der Waals surface area contributed by atoms with E-state index < -0.39 is 275 Å². The second-order valence-corrected chi connectivity index (χ2v) is 28.5. The van der Waals surface area contributed by atoms with E-state index in [1.165, 1.54) is 111 Å². The lowest BCUT2D eigenvalue weighted by Gasteiger charge is -2.28. The van der Waals surface area contributed by atoms with E-state index in [1.807, 2.05) is 0 Å². The third-order valence-electron chi connectivity index (χ3n) is 17.7. The van der Waals surface area contributed by atoms with E-state index in [2.05, 4.69) is 63.8 Å². The summed E-state index contributed by atoms with van der Waals surface area (Å²) in [7, 11) is 0. The molecule has 13 atom stereocenters. The molecule has 0 aliphatic carbocycles. The highest BCUT2D eigenvalue weighted by atomic mass is 16.4. The number of aliphatic hydroxyl groups is 2. The molecule has 4 aromatic rings. The van der Waals surface area contributed by atoms with Crippen molar-refractivity contribution in [3.63, 3.8) is 0 Å². The lowest BCUT2D eigenvalue weighted by Crippen LogP contribution is -2.62. The monoisotopic (exact) mass is 1670 g/mol. The third-order valence-corrected chi connectivity index (χ3v) is 17.7. The Hall–Kier alpha value is -13.6. The van der Waals surface area contributed by atoms with Crippen LogP contribution in [0, 0.1) is 11.8 Å². The zero-order valence-corrected chi connectivity index (χ0v) is 64.9. The molecule has 0 bridgehead atoms. The molecule has 0 spiro atoms. The molecule has 0 aromatic heterocycles. The fourth-order valence-electron chi connectivity index (χ4n) is 11.5. The lowest BCUT2D eigenvalue weighted by atomic mass is 10.0. The third kappa shape index (κ3) is 35.2. The maximum absolute atomic E-state index is 14.8. The minimum Gasteiger partial charge on any atom is -0.508 e. The number of aromatic hydroxyl groups is 4. The van der Waals surface area contributed by atoms with E-state index in [0.717, 1.165) is 0 Å². The number of aliphatic carboxylic acids is 5. The summed E-state index contributed by atoms with van der Waals surface area (Å²) in [4.78, 5) is 242. The summed E-state index contributed by atoms with van der Waals surface area (Å²) in [6.45, 7) is 3.88. The van der Waals surface area contributed by atoms with Crippen molar-refractivity contribution in [2.75, 3.05) is 13.2 Å². The molecular formula is C76H100N14O29. The van der Waals surface area contributed by atoms with Crippen LogP contribution in [-0.4, -0.2) is 255 Å². The molecule has 0 unspecified atom stereocenters. The number of carbonyl (C=O) groups is 18. The number of hydrogen-bond donors (Lipinski definition) is 25. The van der Waals surface area contributed by atoms with Crippen molar-refractivity contribution in [1.29, 1.82) is 0 Å². The Morgan fingerprint density at radius 1 is 0.286 bits per heavy atom. The number of phenolic OH excluding ortho intramolecular Hbond substituents is 4. The predicted octanol–water partition coefficient (Wildman–Crippen LogP) is -5.36. The van der Waals surface area contributed by atoms with Gasteiger partial charge in [-0.3, -0.25) is 81.5 Å². The molecule has 4 rings (SSSR count). The average molecular weight is 1670 g/mol. The van der Waals surface area contributed by atoms with Crippen molar-refractivity contribution in [3.05, 3.63) is 119 Å². The number of rotatable bonds is 51. The van der Waals surface area contributed by atoms with Crippen LogP contribution in [0.1, 0.15) is 108 Å².